The molecule has 0 atom stereocenters. The van der Waals surface area contributed by atoms with Gasteiger partial charge in [-0.05, 0) is 23.8 Å². The van der Waals surface area contributed by atoms with Crippen molar-refractivity contribution >= 4 is 35.6 Å². The molecule has 0 saturated carbocycles. The van der Waals surface area contributed by atoms with Crippen molar-refractivity contribution in [1.82, 2.24) is 0 Å². The zero-order valence-corrected chi connectivity index (χ0v) is 26.6. The lowest BCUT2D eigenvalue weighted by molar-refractivity contribution is -0.156. The number of esters is 4. The van der Waals surface area contributed by atoms with Gasteiger partial charge in [-0.2, -0.15) is 0 Å². The molecule has 0 bridgehead atoms. The maximum Gasteiger partial charge on any atom is 0.345 e. The predicted octanol–water partition coefficient (Wildman–Crippen LogP) is 0.812. The Labute approximate surface area is 268 Å². The molecule has 1 aromatic carbocycles. The largest absolute Gasteiger partial charge is 0.463 e. The number of cyclic esters (lactones) is 4. The molecule has 1 aromatic rings. The second kappa shape index (κ2) is 24.6. The number of nitrogens with zero attached hydrogens (tertiary/aromatic N) is 1. The average Bonchev–Trinajstić information content (AvgIpc) is 3.03. The van der Waals surface area contributed by atoms with Gasteiger partial charge in [0, 0.05) is 19.8 Å². The van der Waals surface area contributed by atoms with Crippen LogP contribution >= 0.6 is 0 Å². The fourth-order valence-corrected chi connectivity index (χ4v) is 3.51. The molecule has 1 fully saturated rings. The van der Waals surface area contributed by atoms with Crippen LogP contribution in [0.25, 0.3) is 6.08 Å². The van der Waals surface area contributed by atoms with Crippen molar-refractivity contribution in [1.29, 1.82) is 0 Å². The summed E-state index contributed by atoms with van der Waals surface area (Å²) in [7, 11) is 3.81. The molecule has 0 unspecified atom stereocenters. The van der Waals surface area contributed by atoms with Gasteiger partial charge in [-0.1, -0.05) is 12.1 Å². The number of hydrogen-bond acceptors (Lipinski definition) is 15. The number of rotatable bonds is 2. The molecule has 15 nitrogen and oxygen atoms in total. The molecular weight excluding hydrogens is 610 g/mol. The van der Waals surface area contributed by atoms with Crippen LogP contribution in [0.5, 0.6) is 0 Å². The molecule has 46 heavy (non-hydrogen) atoms. The summed E-state index contributed by atoms with van der Waals surface area (Å²) in [6, 6.07) is 7.27. The first kappa shape index (κ1) is 38.6. The third kappa shape index (κ3) is 18.4. The lowest BCUT2D eigenvalue weighted by Gasteiger charge is -2.12. The minimum absolute atomic E-state index is 0.0144. The van der Waals surface area contributed by atoms with Gasteiger partial charge < -0.3 is 52.3 Å². The molecule has 0 spiro atoms. The second-order valence-electron chi connectivity index (χ2n) is 9.61. The van der Waals surface area contributed by atoms with Crippen LogP contribution in [0.2, 0.25) is 0 Å². The minimum atomic E-state index is -0.843. The first-order chi connectivity index (χ1) is 22.4. The Morgan fingerprint density at radius 3 is 1.15 bits per heavy atom. The molecule has 0 aromatic heterocycles. The average molecular weight is 656 g/mol. The van der Waals surface area contributed by atoms with E-state index in [0.717, 1.165) is 5.69 Å². The van der Waals surface area contributed by atoms with Gasteiger partial charge in [0.1, 0.15) is 38.4 Å². The fraction of sp³-hybridized carbons (Fsp3) is 0.613. The molecule has 1 saturated heterocycles. The van der Waals surface area contributed by atoms with Gasteiger partial charge in [-0.25, -0.2) is 9.59 Å². The molecule has 0 amide bonds. The van der Waals surface area contributed by atoms with Crippen LogP contribution in [-0.4, -0.2) is 144 Å². The summed E-state index contributed by atoms with van der Waals surface area (Å²) < 4.78 is 52.6. The Morgan fingerprint density at radius 2 is 0.804 bits per heavy atom. The van der Waals surface area contributed by atoms with E-state index in [-0.39, 0.29) is 111 Å². The van der Waals surface area contributed by atoms with Gasteiger partial charge in [0.25, 0.3) is 0 Å². The molecule has 1 aliphatic rings. The highest BCUT2D eigenvalue weighted by molar-refractivity contribution is 6.17. The normalized spacial score (nSPS) is 19.7. The summed E-state index contributed by atoms with van der Waals surface area (Å²) in [4.78, 5) is 51.0. The van der Waals surface area contributed by atoms with Crippen LogP contribution in [0.3, 0.4) is 0 Å². The number of hydrogen-bond donors (Lipinski definition) is 0. The number of benzene rings is 1. The molecule has 258 valence electrons. The zero-order valence-electron chi connectivity index (χ0n) is 26.6. The van der Waals surface area contributed by atoms with Gasteiger partial charge >= 0.3 is 23.9 Å². The Bertz CT molecular complexity index is 1010. The van der Waals surface area contributed by atoms with E-state index in [1.165, 1.54) is 6.08 Å². The van der Waals surface area contributed by atoms with E-state index in [9.17, 15) is 19.2 Å². The van der Waals surface area contributed by atoms with Gasteiger partial charge in [-0.15, -0.1) is 0 Å². The number of carbonyl (C=O) groups is 4. The summed E-state index contributed by atoms with van der Waals surface area (Å²) in [6.45, 7) is 2.37. The van der Waals surface area contributed by atoms with Crippen LogP contribution in [0.4, 0.5) is 5.69 Å². The molecule has 0 aliphatic carbocycles. The standard InChI is InChI=1S/C31H45NO14/c1-32(2)26-5-3-25(4-6-26)23-27-30(35)45-21-17-41-13-9-37-7-11-39-15-19-43-28(33)24-29(34)44-20-16-40-12-8-38-10-14-42-18-22-46-31(27)36/h3-6,23H,7-22,24H2,1-2H3. The van der Waals surface area contributed by atoms with Gasteiger partial charge in [0.2, 0.25) is 0 Å². The summed E-state index contributed by atoms with van der Waals surface area (Å²) in [5.74, 6) is -3.11. The molecule has 1 heterocycles. The molecule has 1 aliphatic heterocycles. The van der Waals surface area contributed by atoms with E-state index in [0.29, 0.717) is 5.56 Å². The Kier molecular flexibility index (Phi) is 20.6. The van der Waals surface area contributed by atoms with Crippen molar-refractivity contribution in [2.75, 3.05) is 125 Å². The maximum atomic E-state index is 12.8. The third-order valence-corrected chi connectivity index (χ3v) is 5.84. The lowest BCUT2D eigenvalue weighted by atomic mass is 10.1. The van der Waals surface area contributed by atoms with Crippen LogP contribution < -0.4 is 4.90 Å². The predicted molar refractivity (Wildman–Crippen MR) is 162 cm³/mol. The van der Waals surface area contributed by atoms with Crippen molar-refractivity contribution in [3.63, 3.8) is 0 Å². The molecule has 15 heteroatoms. The van der Waals surface area contributed by atoms with Crippen molar-refractivity contribution < 1.29 is 66.5 Å². The quantitative estimate of drug-likeness (QED) is 0.144. The molecule has 2 rings (SSSR count). The van der Waals surface area contributed by atoms with Crippen LogP contribution in [0, 0.1) is 0 Å². The van der Waals surface area contributed by atoms with Gasteiger partial charge in [-0.3, -0.25) is 9.59 Å². The summed E-state index contributed by atoms with van der Waals surface area (Å²) in [5.41, 5.74) is 1.31. The first-order valence-corrected chi connectivity index (χ1v) is 15.0. The maximum absolute atomic E-state index is 12.8. The monoisotopic (exact) mass is 655 g/mol. The number of anilines is 1. The van der Waals surface area contributed by atoms with E-state index in [4.69, 9.17) is 47.4 Å². The Balaban J connectivity index is 1.85. The smallest absolute Gasteiger partial charge is 0.345 e. The van der Waals surface area contributed by atoms with Gasteiger partial charge in [0.15, 0.2) is 0 Å². The SMILES string of the molecule is CN(C)c1ccc(C=C2C(=O)OCCOCCOCCOCCOC(=O)CC(=O)OCCOCCOCCOCCOC2=O)cc1. The number of carbonyl (C=O) groups excluding carboxylic acids is 4. The fourth-order valence-electron chi connectivity index (χ4n) is 3.51. The molecular formula is C31H45NO14. The van der Waals surface area contributed by atoms with Crippen LogP contribution in [0.1, 0.15) is 12.0 Å². The van der Waals surface area contributed by atoms with Crippen molar-refractivity contribution in [3.8, 4) is 0 Å². The van der Waals surface area contributed by atoms with E-state index < -0.39 is 30.3 Å². The Morgan fingerprint density at radius 1 is 0.478 bits per heavy atom. The highest BCUT2D eigenvalue weighted by Crippen LogP contribution is 2.16. The highest BCUT2D eigenvalue weighted by atomic mass is 16.6. The van der Waals surface area contributed by atoms with Crippen molar-refractivity contribution in [3.05, 3.63) is 35.4 Å². The zero-order chi connectivity index (χ0) is 33.2. The van der Waals surface area contributed by atoms with E-state index in [1.54, 1.807) is 12.1 Å². The number of ether oxygens (including phenoxy) is 10. The van der Waals surface area contributed by atoms with Gasteiger partial charge in [0.05, 0.1) is 79.3 Å². The topological polar surface area (TPSA) is 164 Å². The third-order valence-electron chi connectivity index (χ3n) is 5.84. The van der Waals surface area contributed by atoms with E-state index in [1.807, 2.05) is 31.1 Å². The first-order valence-electron chi connectivity index (χ1n) is 15.0. The van der Waals surface area contributed by atoms with E-state index in [2.05, 4.69) is 0 Å². The molecule has 0 radical (unpaired) electrons. The summed E-state index contributed by atoms with van der Waals surface area (Å²) in [5, 5.41) is 0. The minimum Gasteiger partial charge on any atom is -0.463 e. The summed E-state index contributed by atoms with van der Waals surface area (Å²) in [6.07, 6.45) is 0.909. The lowest BCUT2D eigenvalue weighted by Crippen LogP contribution is -2.22. The Hall–Kier alpha value is -3.60. The van der Waals surface area contributed by atoms with Crippen LogP contribution in [-0.2, 0) is 66.5 Å². The second-order valence-corrected chi connectivity index (χ2v) is 9.61. The van der Waals surface area contributed by atoms with Crippen molar-refractivity contribution in [2.45, 2.75) is 6.42 Å². The van der Waals surface area contributed by atoms with Crippen LogP contribution in [0.15, 0.2) is 29.8 Å². The van der Waals surface area contributed by atoms with E-state index >= 15 is 0 Å². The summed E-state index contributed by atoms with van der Waals surface area (Å²) >= 11 is 0. The molecule has 0 N–H and O–H groups in total. The van der Waals surface area contributed by atoms with Crippen molar-refractivity contribution in [2.24, 2.45) is 0 Å². The highest BCUT2D eigenvalue weighted by Gasteiger charge is 2.22.